The number of thiophene rings is 1. The second-order valence-corrected chi connectivity index (χ2v) is 6.85. The number of pyridine rings is 1. The standard InChI is InChI=1S/C15H15BrN2O2S/c1-10-3-2-4-14(17-10)20-12-5-6-18(8-12)15(19)13-7-11(16)9-21-13/h2-4,7,9,12H,5-6,8H2,1H3/t12-/m1/s1. The van der Waals surface area contributed by atoms with Crippen LogP contribution in [0.25, 0.3) is 0 Å². The molecule has 21 heavy (non-hydrogen) atoms. The van der Waals surface area contributed by atoms with Gasteiger partial charge in [-0.1, -0.05) is 6.07 Å². The molecule has 1 atom stereocenters. The molecule has 2 aromatic rings. The Labute approximate surface area is 135 Å². The fraction of sp³-hybridized carbons (Fsp3) is 0.333. The van der Waals surface area contributed by atoms with Gasteiger partial charge in [0.15, 0.2) is 0 Å². The van der Waals surface area contributed by atoms with E-state index in [2.05, 4.69) is 20.9 Å². The number of carbonyl (C=O) groups is 1. The Morgan fingerprint density at radius 1 is 1.52 bits per heavy atom. The molecule has 1 fully saturated rings. The van der Waals surface area contributed by atoms with Crippen molar-refractivity contribution in [3.05, 3.63) is 44.7 Å². The number of likely N-dealkylation sites (tertiary alicyclic amines) is 1. The third-order valence-corrected chi connectivity index (χ3v) is 5.04. The van der Waals surface area contributed by atoms with Gasteiger partial charge >= 0.3 is 0 Å². The van der Waals surface area contributed by atoms with Crippen LogP contribution in [0.3, 0.4) is 0 Å². The van der Waals surface area contributed by atoms with Crippen LogP contribution in [-0.2, 0) is 0 Å². The first kappa shape index (κ1) is 14.5. The van der Waals surface area contributed by atoms with Gasteiger partial charge in [0.2, 0.25) is 5.88 Å². The van der Waals surface area contributed by atoms with Crippen LogP contribution in [0.5, 0.6) is 5.88 Å². The van der Waals surface area contributed by atoms with Gasteiger partial charge in [0.05, 0.1) is 11.4 Å². The van der Waals surface area contributed by atoms with Crippen molar-refractivity contribution in [1.29, 1.82) is 0 Å². The average molecular weight is 367 g/mol. The zero-order valence-corrected chi connectivity index (χ0v) is 14.0. The highest BCUT2D eigenvalue weighted by molar-refractivity contribution is 9.10. The smallest absolute Gasteiger partial charge is 0.264 e. The lowest BCUT2D eigenvalue weighted by Crippen LogP contribution is -2.30. The van der Waals surface area contributed by atoms with Gasteiger partial charge in [0.1, 0.15) is 6.10 Å². The van der Waals surface area contributed by atoms with Crippen LogP contribution >= 0.6 is 27.3 Å². The van der Waals surface area contributed by atoms with Gasteiger partial charge < -0.3 is 9.64 Å². The maximum atomic E-state index is 12.4. The number of hydrogen-bond acceptors (Lipinski definition) is 4. The van der Waals surface area contributed by atoms with Crippen LogP contribution in [0.4, 0.5) is 0 Å². The highest BCUT2D eigenvalue weighted by atomic mass is 79.9. The summed E-state index contributed by atoms with van der Waals surface area (Å²) in [4.78, 5) is 19.3. The summed E-state index contributed by atoms with van der Waals surface area (Å²) < 4.78 is 6.82. The zero-order chi connectivity index (χ0) is 14.8. The number of aromatic nitrogens is 1. The molecule has 0 bridgehead atoms. The Hall–Kier alpha value is -1.40. The van der Waals surface area contributed by atoms with Gasteiger partial charge in [0.25, 0.3) is 5.91 Å². The summed E-state index contributed by atoms with van der Waals surface area (Å²) in [5.41, 5.74) is 0.932. The number of nitrogens with zero attached hydrogens (tertiary/aromatic N) is 2. The molecule has 0 aliphatic carbocycles. The highest BCUT2D eigenvalue weighted by Crippen LogP contribution is 2.24. The van der Waals surface area contributed by atoms with E-state index in [9.17, 15) is 4.79 Å². The van der Waals surface area contributed by atoms with Crippen molar-refractivity contribution in [2.45, 2.75) is 19.4 Å². The molecule has 1 saturated heterocycles. The minimum absolute atomic E-state index is 0.0200. The SMILES string of the molecule is Cc1cccc(O[C@@H]2CCN(C(=O)c3cc(Br)cs3)C2)n1. The summed E-state index contributed by atoms with van der Waals surface area (Å²) in [7, 11) is 0. The Balaban J connectivity index is 1.61. The summed E-state index contributed by atoms with van der Waals surface area (Å²) in [5.74, 6) is 0.710. The van der Waals surface area contributed by atoms with Crippen molar-refractivity contribution >= 4 is 33.2 Å². The average Bonchev–Trinajstić information content (AvgIpc) is 3.07. The van der Waals surface area contributed by atoms with E-state index in [0.29, 0.717) is 12.4 Å². The van der Waals surface area contributed by atoms with Crippen LogP contribution in [0.15, 0.2) is 34.1 Å². The molecule has 0 spiro atoms. The van der Waals surface area contributed by atoms with Gasteiger partial charge in [-0.25, -0.2) is 4.98 Å². The van der Waals surface area contributed by atoms with E-state index in [0.717, 1.165) is 28.0 Å². The van der Waals surface area contributed by atoms with E-state index in [1.165, 1.54) is 11.3 Å². The molecule has 2 aromatic heterocycles. The Morgan fingerprint density at radius 3 is 3.10 bits per heavy atom. The van der Waals surface area contributed by atoms with Gasteiger partial charge in [-0.05, 0) is 35.0 Å². The number of hydrogen-bond donors (Lipinski definition) is 0. The number of aryl methyl sites for hydroxylation is 1. The number of rotatable bonds is 3. The fourth-order valence-corrected chi connectivity index (χ4v) is 3.74. The molecule has 6 heteroatoms. The largest absolute Gasteiger partial charge is 0.472 e. The van der Waals surface area contributed by atoms with Crippen LogP contribution < -0.4 is 4.74 Å². The predicted molar refractivity (Wildman–Crippen MR) is 85.9 cm³/mol. The normalized spacial score (nSPS) is 18.0. The van der Waals surface area contributed by atoms with E-state index in [4.69, 9.17) is 4.74 Å². The third-order valence-electron chi connectivity index (χ3n) is 3.36. The van der Waals surface area contributed by atoms with Gasteiger partial charge in [0, 0.05) is 34.6 Å². The third kappa shape index (κ3) is 3.44. The number of ether oxygens (including phenoxy) is 1. The second-order valence-electron chi connectivity index (χ2n) is 5.03. The molecule has 1 aliphatic heterocycles. The summed E-state index contributed by atoms with van der Waals surface area (Å²) >= 11 is 4.84. The van der Waals surface area contributed by atoms with Crippen molar-refractivity contribution in [3.8, 4) is 5.88 Å². The molecular formula is C15H15BrN2O2S. The van der Waals surface area contributed by atoms with Crippen molar-refractivity contribution in [2.24, 2.45) is 0 Å². The minimum atomic E-state index is 0.0200. The quantitative estimate of drug-likeness (QED) is 0.834. The van der Waals surface area contributed by atoms with Crippen LogP contribution in [0, 0.1) is 6.92 Å². The predicted octanol–water partition coefficient (Wildman–Crippen LogP) is 3.51. The van der Waals surface area contributed by atoms with Crippen molar-refractivity contribution in [2.75, 3.05) is 13.1 Å². The molecule has 0 unspecified atom stereocenters. The Morgan fingerprint density at radius 2 is 2.38 bits per heavy atom. The maximum absolute atomic E-state index is 12.4. The van der Waals surface area contributed by atoms with Crippen molar-refractivity contribution in [1.82, 2.24) is 9.88 Å². The van der Waals surface area contributed by atoms with Crippen LogP contribution in [-0.4, -0.2) is 35.0 Å². The van der Waals surface area contributed by atoms with Crippen LogP contribution in [0.1, 0.15) is 21.8 Å². The van der Waals surface area contributed by atoms with Gasteiger partial charge in [-0.15, -0.1) is 11.3 Å². The van der Waals surface area contributed by atoms with Crippen molar-refractivity contribution < 1.29 is 9.53 Å². The number of halogens is 1. The highest BCUT2D eigenvalue weighted by Gasteiger charge is 2.29. The molecule has 0 N–H and O–H groups in total. The summed E-state index contributed by atoms with van der Waals surface area (Å²) in [6.45, 7) is 3.28. The van der Waals surface area contributed by atoms with E-state index < -0.39 is 0 Å². The van der Waals surface area contributed by atoms with Gasteiger partial charge in [-0.3, -0.25) is 4.79 Å². The maximum Gasteiger partial charge on any atom is 0.264 e. The summed E-state index contributed by atoms with van der Waals surface area (Å²) in [6, 6.07) is 7.59. The monoisotopic (exact) mass is 366 g/mol. The van der Waals surface area contributed by atoms with Gasteiger partial charge in [-0.2, -0.15) is 0 Å². The van der Waals surface area contributed by atoms with E-state index in [1.807, 2.05) is 41.5 Å². The molecule has 0 saturated carbocycles. The lowest BCUT2D eigenvalue weighted by Gasteiger charge is -2.16. The van der Waals surface area contributed by atoms with E-state index in [1.54, 1.807) is 0 Å². The molecular weight excluding hydrogens is 352 g/mol. The lowest BCUT2D eigenvalue weighted by molar-refractivity contribution is 0.0776. The first-order valence-corrected chi connectivity index (χ1v) is 8.43. The Bertz CT molecular complexity index is 659. The minimum Gasteiger partial charge on any atom is -0.472 e. The topological polar surface area (TPSA) is 42.4 Å². The molecule has 3 heterocycles. The second kappa shape index (κ2) is 6.15. The van der Waals surface area contributed by atoms with Crippen molar-refractivity contribution in [3.63, 3.8) is 0 Å². The fourth-order valence-electron chi connectivity index (χ4n) is 2.34. The van der Waals surface area contributed by atoms with Crippen LogP contribution in [0.2, 0.25) is 0 Å². The van der Waals surface area contributed by atoms with E-state index >= 15 is 0 Å². The number of amides is 1. The zero-order valence-electron chi connectivity index (χ0n) is 11.6. The van der Waals surface area contributed by atoms with E-state index in [-0.39, 0.29) is 12.0 Å². The summed E-state index contributed by atoms with van der Waals surface area (Å²) in [6.07, 6.45) is 0.861. The molecule has 0 radical (unpaired) electrons. The molecule has 1 amide bonds. The molecule has 4 nitrogen and oxygen atoms in total. The summed E-state index contributed by atoms with van der Waals surface area (Å²) in [5, 5.41) is 1.92. The number of carbonyl (C=O) groups excluding carboxylic acids is 1. The molecule has 3 rings (SSSR count). The lowest BCUT2D eigenvalue weighted by atomic mass is 10.3. The molecule has 0 aromatic carbocycles. The first-order valence-electron chi connectivity index (χ1n) is 6.75. The molecule has 110 valence electrons. The molecule has 1 aliphatic rings. The first-order chi connectivity index (χ1) is 10.1. The Kier molecular flexibility index (Phi) is 4.26.